The smallest absolute Gasteiger partial charge is 0.281 e. The van der Waals surface area contributed by atoms with E-state index in [2.05, 4.69) is 21.2 Å². The van der Waals surface area contributed by atoms with E-state index >= 15 is 0 Å². The first kappa shape index (κ1) is 21.8. The highest BCUT2D eigenvalue weighted by Crippen LogP contribution is 2.30. The minimum Gasteiger partial charge on any atom is -0.342 e. The van der Waals surface area contributed by atoms with Crippen molar-refractivity contribution in [1.82, 2.24) is 9.88 Å². The normalized spacial score (nSPS) is 15.0. The zero-order chi connectivity index (χ0) is 23.1. The molecule has 5 rings (SSSR count). The summed E-state index contributed by atoms with van der Waals surface area (Å²) in [6.45, 7) is 0.253. The molecular weight excluding hydrogens is 525 g/mol. The van der Waals surface area contributed by atoms with Crippen LogP contribution in [0.5, 0.6) is 0 Å². The number of fused-ring (bicyclic) bond motifs is 1. The van der Waals surface area contributed by atoms with Gasteiger partial charge in [0.1, 0.15) is 11.5 Å². The first-order valence-electron chi connectivity index (χ1n) is 10.1. The zero-order valence-electron chi connectivity index (χ0n) is 17.1. The molecule has 1 aliphatic rings. The Kier molecular flexibility index (Phi) is 5.78. The Morgan fingerprint density at radius 1 is 1.09 bits per heavy atom. The Morgan fingerprint density at radius 3 is 2.64 bits per heavy atom. The topological polar surface area (TPSA) is 37.3 Å². The molecule has 0 aliphatic carbocycles. The summed E-state index contributed by atoms with van der Waals surface area (Å²) in [7, 11) is 0. The van der Waals surface area contributed by atoms with Crippen molar-refractivity contribution >= 4 is 73.4 Å². The van der Waals surface area contributed by atoms with E-state index in [0.29, 0.717) is 27.1 Å². The van der Waals surface area contributed by atoms with Crippen molar-refractivity contribution in [2.45, 2.75) is 6.54 Å². The molecule has 33 heavy (non-hydrogen) atoms. The summed E-state index contributed by atoms with van der Waals surface area (Å²) in [6.07, 6.45) is 3.65. The fourth-order valence-electron chi connectivity index (χ4n) is 3.90. The van der Waals surface area contributed by atoms with E-state index in [4.69, 9.17) is 23.8 Å². The molecule has 2 heterocycles. The second kappa shape index (κ2) is 8.74. The molecule has 0 saturated carbocycles. The van der Waals surface area contributed by atoms with E-state index in [1.54, 1.807) is 18.2 Å². The summed E-state index contributed by atoms with van der Waals surface area (Å²) in [5.41, 5.74) is 3.16. The molecule has 3 aromatic carbocycles. The number of carbonyl (C=O) groups excluding carboxylic acids is 1. The summed E-state index contributed by atoms with van der Waals surface area (Å²) < 4.78 is 17.3. The Labute approximate surface area is 208 Å². The van der Waals surface area contributed by atoms with E-state index in [1.807, 2.05) is 59.3 Å². The number of nitrogens with one attached hydrogen (secondary N) is 1. The van der Waals surface area contributed by atoms with Gasteiger partial charge < -0.3 is 9.88 Å². The lowest BCUT2D eigenvalue weighted by Gasteiger charge is -2.13. The largest absolute Gasteiger partial charge is 0.342 e. The van der Waals surface area contributed by atoms with Gasteiger partial charge in [-0.2, -0.15) is 0 Å². The van der Waals surface area contributed by atoms with Crippen molar-refractivity contribution in [2.24, 2.45) is 0 Å². The SMILES string of the molecule is O=C1/C(=C/c2cn(Cc3c(F)cccc3Cl)c3ccc(Br)cc23)NC(=S)N1c1ccccc1. The Bertz CT molecular complexity index is 1430. The molecule has 1 amide bonds. The predicted octanol–water partition coefficient (Wildman–Crippen LogP) is 6.51. The highest BCUT2D eigenvalue weighted by atomic mass is 79.9. The lowest BCUT2D eigenvalue weighted by molar-refractivity contribution is -0.113. The Balaban J connectivity index is 1.58. The number of thiocarbonyl (C=S) groups is 1. The van der Waals surface area contributed by atoms with Crippen LogP contribution >= 0.6 is 39.7 Å². The van der Waals surface area contributed by atoms with Gasteiger partial charge in [0.2, 0.25) is 0 Å². The lowest BCUT2D eigenvalue weighted by Crippen LogP contribution is -2.30. The molecule has 1 N–H and O–H groups in total. The quantitative estimate of drug-likeness (QED) is 0.237. The van der Waals surface area contributed by atoms with Crippen LogP contribution in [0.4, 0.5) is 10.1 Å². The van der Waals surface area contributed by atoms with Crippen molar-refractivity contribution < 1.29 is 9.18 Å². The van der Waals surface area contributed by atoms with Crippen LogP contribution in [0, 0.1) is 5.82 Å². The van der Waals surface area contributed by atoms with Crippen molar-refractivity contribution in [3.8, 4) is 0 Å². The minimum absolute atomic E-state index is 0.237. The van der Waals surface area contributed by atoms with Crippen molar-refractivity contribution in [3.05, 3.63) is 105 Å². The minimum atomic E-state index is -0.363. The van der Waals surface area contributed by atoms with Gasteiger partial charge in [-0.3, -0.25) is 9.69 Å². The van der Waals surface area contributed by atoms with Gasteiger partial charge in [0.15, 0.2) is 5.11 Å². The van der Waals surface area contributed by atoms with Crippen molar-refractivity contribution in [2.75, 3.05) is 4.90 Å². The van der Waals surface area contributed by atoms with Crippen LogP contribution in [-0.2, 0) is 11.3 Å². The Morgan fingerprint density at radius 2 is 1.88 bits per heavy atom. The molecule has 0 radical (unpaired) electrons. The van der Waals surface area contributed by atoms with Gasteiger partial charge in [0.25, 0.3) is 5.91 Å². The summed E-state index contributed by atoms with van der Waals surface area (Å²) in [6, 6.07) is 19.7. The molecule has 4 nitrogen and oxygen atoms in total. The van der Waals surface area contributed by atoms with Crippen LogP contribution in [0.3, 0.4) is 0 Å². The van der Waals surface area contributed by atoms with Gasteiger partial charge in [0, 0.05) is 37.7 Å². The summed E-state index contributed by atoms with van der Waals surface area (Å²) in [5, 5.41) is 4.62. The van der Waals surface area contributed by atoms with E-state index in [-0.39, 0.29) is 18.3 Å². The average molecular weight is 541 g/mol. The van der Waals surface area contributed by atoms with E-state index < -0.39 is 0 Å². The van der Waals surface area contributed by atoms with Crippen LogP contribution in [-0.4, -0.2) is 15.6 Å². The lowest BCUT2D eigenvalue weighted by atomic mass is 10.1. The van der Waals surface area contributed by atoms with E-state index in [1.165, 1.54) is 11.0 Å². The molecule has 1 aromatic heterocycles. The third-order valence-corrected chi connectivity index (χ3v) is 6.59. The van der Waals surface area contributed by atoms with Gasteiger partial charge in [-0.1, -0.05) is 51.8 Å². The first-order chi connectivity index (χ1) is 15.9. The molecule has 8 heteroatoms. The maximum atomic E-state index is 14.4. The molecule has 0 spiro atoms. The number of hydrogen-bond acceptors (Lipinski definition) is 2. The summed E-state index contributed by atoms with van der Waals surface area (Å²) in [5.74, 6) is -0.600. The average Bonchev–Trinajstić information content (AvgIpc) is 3.27. The van der Waals surface area contributed by atoms with Crippen molar-refractivity contribution in [1.29, 1.82) is 0 Å². The van der Waals surface area contributed by atoms with Gasteiger partial charge in [-0.05, 0) is 60.8 Å². The molecule has 0 atom stereocenters. The standard InChI is InChI=1S/C25H16BrClFN3OS/c26-16-9-10-23-18(12-16)15(13-30(23)14-19-20(27)7-4-8-21(19)28)11-22-24(32)31(25(33)29-22)17-5-2-1-3-6-17/h1-13H,14H2,(H,29,33)/b22-11-. The molecule has 1 saturated heterocycles. The molecule has 4 aromatic rings. The maximum Gasteiger partial charge on any atom is 0.281 e. The second-order valence-corrected chi connectivity index (χ2v) is 9.25. The van der Waals surface area contributed by atoms with Crippen LogP contribution in [0.25, 0.3) is 17.0 Å². The Hall–Kier alpha value is -3.00. The van der Waals surface area contributed by atoms with Gasteiger partial charge in [0.05, 0.1) is 12.2 Å². The van der Waals surface area contributed by atoms with E-state index in [0.717, 1.165) is 20.9 Å². The number of nitrogens with zero attached hydrogens (tertiary/aromatic N) is 2. The molecule has 164 valence electrons. The van der Waals surface area contributed by atoms with Crippen LogP contribution in [0.15, 0.2) is 83.1 Å². The maximum absolute atomic E-state index is 14.4. The summed E-state index contributed by atoms with van der Waals surface area (Å²) in [4.78, 5) is 14.6. The first-order valence-corrected chi connectivity index (χ1v) is 11.6. The number of amides is 1. The third-order valence-electron chi connectivity index (χ3n) is 5.46. The highest BCUT2D eigenvalue weighted by Gasteiger charge is 2.32. The number of hydrogen-bond donors (Lipinski definition) is 1. The van der Waals surface area contributed by atoms with Crippen molar-refractivity contribution in [3.63, 3.8) is 0 Å². The predicted molar refractivity (Wildman–Crippen MR) is 138 cm³/mol. The van der Waals surface area contributed by atoms with Gasteiger partial charge in [-0.15, -0.1) is 0 Å². The molecular formula is C25H16BrClFN3OS. The highest BCUT2D eigenvalue weighted by molar-refractivity contribution is 9.10. The number of anilines is 1. The molecule has 1 fully saturated rings. The number of halogens is 3. The molecule has 1 aliphatic heterocycles. The number of para-hydroxylation sites is 1. The fourth-order valence-corrected chi connectivity index (χ4v) is 4.78. The van der Waals surface area contributed by atoms with Crippen LogP contribution in [0.1, 0.15) is 11.1 Å². The number of aromatic nitrogens is 1. The second-order valence-electron chi connectivity index (χ2n) is 7.54. The monoisotopic (exact) mass is 539 g/mol. The zero-order valence-corrected chi connectivity index (χ0v) is 20.2. The van der Waals surface area contributed by atoms with Gasteiger partial charge in [-0.25, -0.2) is 4.39 Å². The number of carbonyl (C=O) groups is 1. The third kappa shape index (κ3) is 4.08. The molecule has 0 unspecified atom stereocenters. The van der Waals surface area contributed by atoms with Crippen LogP contribution < -0.4 is 10.2 Å². The fraction of sp³-hybridized carbons (Fsp3) is 0.0400. The van der Waals surface area contributed by atoms with E-state index in [9.17, 15) is 9.18 Å². The van der Waals surface area contributed by atoms with Crippen LogP contribution in [0.2, 0.25) is 5.02 Å². The number of benzene rings is 3. The summed E-state index contributed by atoms with van der Waals surface area (Å²) >= 11 is 15.2. The number of rotatable bonds is 4. The molecule has 0 bridgehead atoms. The van der Waals surface area contributed by atoms with Gasteiger partial charge >= 0.3 is 0 Å².